The van der Waals surface area contributed by atoms with Gasteiger partial charge in [-0.05, 0) is 38.8 Å². The summed E-state index contributed by atoms with van der Waals surface area (Å²) < 4.78 is 11.2. The Morgan fingerprint density at radius 2 is 0.913 bits per heavy atom. The average molecular weight is 639 g/mol. The molecule has 2 aliphatic heterocycles. The van der Waals surface area contributed by atoms with Crippen LogP contribution >= 0.6 is 0 Å². The molecule has 10 heteroatoms. The van der Waals surface area contributed by atoms with Crippen molar-refractivity contribution >= 4 is 35.4 Å². The van der Waals surface area contributed by atoms with Gasteiger partial charge in [-0.15, -0.1) is 0 Å². The van der Waals surface area contributed by atoms with Gasteiger partial charge in [-0.1, -0.05) is 55.4 Å². The molecule has 0 fully saturated rings. The van der Waals surface area contributed by atoms with E-state index >= 15 is 0 Å². The molecule has 3 aliphatic rings. The molecule has 250 valence electrons. The number of ether oxygens (including phenoxy) is 2. The van der Waals surface area contributed by atoms with Crippen LogP contribution in [-0.4, -0.2) is 45.7 Å². The molecule has 0 amide bonds. The first kappa shape index (κ1) is 36.4. The predicted molar refractivity (Wildman–Crippen MR) is 170 cm³/mol. The molecule has 0 bridgehead atoms. The number of carboxylic acids is 2. The fraction of sp³-hybridized carbons (Fsp3) is 0.556. The van der Waals surface area contributed by atoms with E-state index in [1.807, 2.05) is 41.5 Å². The normalized spacial score (nSPS) is 19.0. The third-order valence-electron chi connectivity index (χ3n) is 9.27. The van der Waals surface area contributed by atoms with E-state index < -0.39 is 22.8 Å². The molecule has 0 saturated carbocycles. The highest BCUT2D eigenvalue weighted by Gasteiger charge is 2.45. The summed E-state index contributed by atoms with van der Waals surface area (Å²) in [5.74, 6) is -1.97. The summed E-state index contributed by atoms with van der Waals surface area (Å²) >= 11 is 0. The Kier molecular flexibility index (Phi) is 9.44. The van der Waals surface area contributed by atoms with Gasteiger partial charge in [0.1, 0.15) is 11.5 Å². The maximum absolute atomic E-state index is 12.8. The van der Waals surface area contributed by atoms with Crippen LogP contribution in [0.15, 0.2) is 22.3 Å². The Hall–Kier alpha value is -4.08. The maximum atomic E-state index is 12.8. The zero-order valence-electron chi connectivity index (χ0n) is 29.0. The highest BCUT2D eigenvalue weighted by Crippen LogP contribution is 2.53. The van der Waals surface area contributed by atoms with Crippen molar-refractivity contribution in [2.75, 3.05) is 0 Å². The first-order chi connectivity index (χ1) is 20.8. The van der Waals surface area contributed by atoms with Crippen LogP contribution in [0.1, 0.15) is 117 Å². The summed E-state index contributed by atoms with van der Waals surface area (Å²) in [5.41, 5.74) is 1.93. The second-order valence-corrected chi connectivity index (χ2v) is 15.3. The number of carbonyl (C=O) groups excluding carboxylic acids is 4. The minimum absolute atomic E-state index is 0.197. The minimum atomic E-state index is -1.06. The fourth-order valence-electron chi connectivity index (χ4n) is 7.53. The number of rotatable bonds is 6. The lowest BCUT2D eigenvalue weighted by molar-refractivity contribution is -0.140. The molecule has 1 aromatic carbocycles. The number of allylic oxidation sites excluding steroid dienone is 4. The molecule has 2 N–H and O–H groups in total. The Bertz CT molecular complexity index is 1520. The van der Waals surface area contributed by atoms with E-state index in [1.165, 1.54) is 13.8 Å². The number of hydrogen-bond acceptors (Lipinski definition) is 8. The second-order valence-electron chi connectivity index (χ2n) is 15.3. The van der Waals surface area contributed by atoms with Crippen LogP contribution in [0.2, 0.25) is 0 Å². The first-order valence-electron chi connectivity index (χ1n) is 15.3. The van der Waals surface area contributed by atoms with Gasteiger partial charge in [0.25, 0.3) is 0 Å². The van der Waals surface area contributed by atoms with Crippen LogP contribution in [0.4, 0.5) is 0 Å². The monoisotopic (exact) mass is 638 g/mol. The average Bonchev–Trinajstić information content (AvgIpc) is 2.82. The van der Waals surface area contributed by atoms with E-state index in [-0.39, 0.29) is 69.5 Å². The fourth-order valence-corrected chi connectivity index (χ4v) is 7.53. The SMILES string of the molecule is CC1=C(C(C)(C)CC(=O)O)C(=O)C(C)=C(C(C)(C)CC(=O)O)C1=O.Cc1c2c(c(C)c3c1C(C)(C)CC(=O)O3)C(C)(C)CC(=O)O2. The molecular formula is C36H46O10. The van der Waals surface area contributed by atoms with Crippen molar-refractivity contribution in [1.29, 1.82) is 0 Å². The lowest BCUT2D eigenvalue weighted by Crippen LogP contribution is -2.36. The number of benzene rings is 1. The van der Waals surface area contributed by atoms with E-state index in [9.17, 15) is 28.8 Å². The summed E-state index contributed by atoms with van der Waals surface area (Å²) in [6.45, 7) is 21.5. The zero-order valence-corrected chi connectivity index (χ0v) is 29.0. The Labute approximate surface area is 270 Å². The number of Topliss-reactive ketones (excluding diaryl/α,β-unsaturated/α-hetero) is 2. The van der Waals surface area contributed by atoms with Crippen LogP contribution < -0.4 is 9.47 Å². The van der Waals surface area contributed by atoms with Crippen LogP contribution in [0.25, 0.3) is 0 Å². The zero-order chi connectivity index (χ0) is 35.5. The number of carboxylic acid groups (broad SMARTS) is 2. The maximum Gasteiger partial charge on any atom is 0.312 e. The Morgan fingerprint density at radius 3 is 1.17 bits per heavy atom. The lowest BCUT2D eigenvalue weighted by atomic mass is 9.66. The molecule has 1 aliphatic carbocycles. The van der Waals surface area contributed by atoms with E-state index in [2.05, 4.69) is 0 Å². The standard InChI is InChI=1S/C18H24O6.C18H22O4/c1-9-13(17(3,4)7-11(19)20)16(24)10(2)14(15(9)23)18(5,6)8-12(21)22;1-9-13-16(22-12(20)7-17(13,3)4)10(2)14-15(9)21-11(19)8-18(14,5)6/h7-8H2,1-6H3,(H,19,20)(H,21,22);7-8H2,1-6H3. The van der Waals surface area contributed by atoms with E-state index in [4.69, 9.17) is 19.7 Å². The number of fused-ring (bicyclic) bond motifs is 2. The molecule has 0 unspecified atom stereocenters. The number of esters is 2. The van der Waals surface area contributed by atoms with E-state index in [0.29, 0.717) is 24.3 Å². The van der Waals surface area contributed by atoms with Crippen LogP contribution in [-0.2, 0) is 39.6 Å². The quantitative estimate of drug-likeness (QED) is 0.207. The van der Waals surface area contributed by atoms with Gasteiger partial charge in [0, 0.05) is 55.1 Å². The summed E-state index contributed by atoms with van der Waals surface area (Å²) in [6, 6.07) is 0. The predicted octanol–water partition coefficient (Wildman–Crippen LogP) is 6.25. The van der Waals surface area contributed by atoms with Gasteiger partial charge >= 0.3 is 23.9 Å². The number of carbonyl (C=O) groups is 6. The van der Waals surface area contributed by atoms with Gasteiger partial charge in [0.2, 0.25) is 0 Å². The molecule has 0 aromatic heterocycles. The van der Waals surface area contributed by atoms with Gasteiger partial charge in [0.15, 0.2) is 11.6 Å². The minimum Gasteiger partial charge on any atom is -0.481 e. The third-order valence-corrected chi connectivity index (χ3v) is 9.27. The largest absolute Gasteiger partial charge is 0.481 e. The molecule has 2 heterocycles. The molecule has 46 heavy (non-hydrogen) atoms. The molecule has 0 atom stereocenters. The van der Waals surface area contributed by atoms with Crippen LogP contribution in [0.3, 0.4) is 0 Å². The number of hydrogen-bond donors (Lipinski definition) is 2. The van der Waals surface area contributed by atoms with Gasteiger partial charge in [-0.25, -0.2) is 0 Å². The lowest BCUT2D eigenvalue weighted by Gasteiger charge is -2.39. The van der Waals surface area contributed by atoms with Crippen molar-refractivity contribution < 1.29 is 48.5 Å². The topological polar surface area (TPSA) is 161 Å². The highest BCUT2D eigenvalue weighted by atomic mass is 16.5. The third kappa shape index (κ3) is 6.57. The van der Waals surface area contributed by atoms with Crippen molar-refractivity contribution in [3.8, 4) is 11.5 Å². The van der Waals surface area contributed by atoms with E-state index in [1.54, 1.807) is 27.7 Å². The Balaban J connectivity index is 0.000000251. The molecule has 4 rings (SSSR count). The first-order valence-corrected chi connectivity index (χ1v) is 15.3. The number of aliphatic carboxylic acids is 2. The van der Waals surface area contributed by atoms with Gasteiger partial charge in [-0.2, -0.15) is 0 Å². The van der Waals surface area contributed by atoms with Crippen molar-refractivity contribution in [3.63, 3.8) is 0 Å². The molecule has 0 spiro atoms. The molecule has 0 saturated heterocycles. The Morgan fingerprint density at radius 1 is 0.630 bits per heavy atom. The summed E-state index contributed by atoms with van der Waals surface area (Å²) in [7, 11) is 0. The highest BCUT2D eigenvalue weighted by molar-refractivity contribution is 6.26. The van der Waals surface area contributed by atoms with Crippen molar-refractivity contribution in [1.82, 2.24) is 0 Å². The molecule has 0 radical (unpaired) electrons. The van der Waals surface area contributed by atoms with Crippen LogP contribution in [0.5, 0.6) is 11.5 Å². The summed E-state index contributed by atoms with van der Waals surface area (Å²) in [4.78, 5) is 71.8. The van der Waals surface area contributed by atoms with Crippen molar-refractivity contribution in [2.45, 2.75) is 120 Å². The van der Waals surface area contributed by atoms with Gasteiger partial charge in [-0.3, -0.25) is 28.8 Å². The summed E-state index contributed by atoms with van der Waals surface area (Å²) in [5, 5.41) is 18.1. The van der Waals surface area contributed by atoms with Crippen molar-refractivity contribution in [2.24, 2.45) is 10.8 Å². The second kappa shape index (κ2) is 11.9. The van der Waals surface area contributed by atoms with Crippen LogP contribution in [0, 0.1) is 24.7 Å². The van der Waals surface area contributed by atoms with Crippen molar-refractivity contribution in [3.05, 3.63) is 44.5 Å². The smallest absolute Gasteiger partial charge is 0.312 e. The molecular weight excluding hydrogens is 592 g/mol. The molecule has 1 aromatic rings. The van der Waals surface area contributed by atoms with Gasteiger partial charge < -0.3 is 19.7 Å². The summed E-state index contributed by atoms with van der Waals surface area (Å²) in [6.07, 6.45) is 0.104. The molecule has 10 nitrogen and oxygen atoms in total. The number of ketones is 2. The van der Waals surface area contributed by atoms with Gasteiger partial charge in [0.05, 0.1) is 25.7 Å². The van der Waals surface area contributed by atoms with E-state index in [0.717, 1.165) is 22.3 Å².